The van der Waals surface area contributed by atoms with Crippen molar-refractivity contribution in [1.29, 1.82) is 0 Å². The second-order valence-corrected chi connectivity index (χ2v) is 3.69. The Bertz CT molecular complexity index is 584. The third-order valence-electron chi connectivity index (χ3n) is 1.99. The lowest BCUT2D eigenvalue weighted by molar-refractivity contribution is 0.102. The van der Waals surface area contributed by atoms with Crippen LogP contribution < -0.4 is 16.6 Å². The van der Waals surface area contributed by atoms with Crippen LogP contribution in [0.15, 0.2) is 16.7 Å². The third-order valence-corrected chi connectivity index (χ3v) is 2.27. The highest BCUT2D eigenvalue weighted by atomic mass is 35.5. The first kappa shape index (κ1) is 12.3. The molecule has 4 N–H and O–H groups in total. The molecule has 2 heterocycles. The van der Waals surface area contributed by atoms with Gasteiger partial charge >= 0.3 is 6.01 Å². The Morgan fingerprint density at radius 2 is 2.28 bits per heavy atom. The summed E-state index contributed by atoms with van der Waals surface area (Å²) in [5.41, 5.74) is 2.54. The van der Waals surface area contributed by atoms with Crippen LogP contribution in [0.3, 0.4) is 0 Å². The number of carbonyl (C=O) groups excluding carboxylic acids is 1. The maximum atomic E-state index is 11.8. The number of amides is 1. The highest BCUT2D eigenvalue weighted by Gasteiger charge is 2.12. The first-order chi connectivity index (χ1) is 8.60. The van der Waals surface area contributed by atoms with Gasteiger partial charge in [-0.1, -0.05) is 16.7 Å². The van der Waals surface area contributed by atoms with E-state index in [9.17, 15) is 4.79 Å². The van der Waals surface area contributed by atoms with Crippen LogP contribution >= 0.6 is 11.6 Å². The van der Waals surface area contributed by atoms with Gasteiger partial charge < -0.3 is 9.84 Å². The molecule has 0 aliphatic carbocycles. The largest absolute Gasteiger partial charge is 0.408 e. The summed E-state index contributed by atoms with van der Waals surface area (Å²) < 4.78 is 5.01. The summed E-state index contributed by atoms with van der Waals surface area (Å²) in [6.45, 7) is 1.61. The Kier molecular flexibility index (Phi) is 3.40. The molecule has 9 heteroatoms. The van der Waals surface area contributed by atoms with E-state index in [1.54, 1.807) is 6.92 Å². The van der Waals surface area contributed by atoms with Crippen molar-refractivity contribution in [1.82, 2.24) is 15.2 Å². The van der Waals surface area contributed by atoms with Crippen LogP contribution in [-0.2, 0) is 0 Å². The van der Waals surface area contributed by atoms with Crippen molar-refractivity contribution in [2.24, 2.45) is 5.84 Å². The molecule has 1 amide bonds. The second kappa shape index (κ2) is 4.98. The summed E-state index contributed by atoms with van der Waals surface area (Å²) in [4.78, 5) is 15.7. The summed E-state index contributed by atoms with van der Waals surface area (Å²) in [5, 5.41) is 9.85. The van der Waals surface area contributed by atoms with Gasteiger partial charge in [-0.3, -0.25) is 10.1 Å². The number of rotatable bonds is 3. The number of anilines is 2. The minimum atomic E-state index is -0.461. The van der Waals surface area contributed by atoms with Crippen LogP contribution in [-0.4, -0.2) is 21.1 Å². The van der Waals surface area contributed by atoms with Gasteiger partial charge in [-0.15, -0.1) is 5.10 Å². The van der Waals surface area contributed by atoms with Crippen LogP contribution in [0.1, 0.15) is 16.2 Å². The number of nitrogens with one attached hydrogen (secondary N) is 2. The first-order valence-corrected chi connectivity index (χ1v) is 5.21. The van der Waals surface area contributed by atoms with Crippen LogP contribution in [0.2, 0.25) is 5.02 Å². The minimum Gasteiger partial charge on any atom is -0.408 e. The molecule has 0 aliphatic heterocycles. The van der Waals surface area contributed by atoms with Crippen LogP contribution in [0.25, 0.3) is 0 Å². The number of nitrogens with two attached hydrogens (primary N) is 1. The number of nitrogen functional groups attached to an aromatic ring is 1. The lowest BCUT2D eigenvalue weighted by Gasteiger charge is -2.04. The zero-order valence-electron chi connectivity index (χ0n) is 9.27. The van der Waals surface area contributed by atoms with Crippen LogP contribution in [0.4, 0.5) is 11.8 Å². The van der Waals surface area contributed by atoms with Gasteiger partial charge in [0.1, 0.15) is 0 Å². The number of halogens is 1. The fourth-order valence-electron chi connectivity index (χ4n) is 1.18. The standard InChI is InChI=1S/C9H9ClN6O2/c1-4-15-16-9(18-4)13-8(17)5-2-6(10)7(14-11)12-3-5/h2-3H,11H2,1H3,(H,12,14)(H,13,16,17). The summed E-state index contributed by atoms with van der Waals surface area (Å²) in [7, 11) is 0. The van der Waals surface area contributed by atoms with E-state index >= 15 is 0 Å². The van der Waals surface area contributed by atoms with Gasteiger partial charge in [0.2, 0.25) is 5.89 Å². The molecule has 0 aliphatic rings. The number of pyridine rings is 1. The summed E-state index contributed by atoms with van der Waals surface area (Å²) >= 11 is 5.84. The number of hydrogen-bond donors (Lipinski definition) is 3. The molecule has 0 bridgehead atoms. The van der Waals surface area contributed by atoms with E-state index in [1.807, 2.05) is 0 Å². The Hall–Kier alpha value is -2.19. The lowest BCUT2D eigenvalue weighted by Crippen LogP contribution is -2.14. The molecule has 2 rings (SSSR count). The number of hydrogen-bond acceptors (Lipinski definition) is 7. The number of hydrazine groups is 1. The molecule has 2 aromatic heterocycles. The van der Waals surface area contributed by atoms with Crippen molar-refractivity contribution >= 4 is 29.3 Å². The summed E-state index contributed by atoms with van der Waals surface area (Å²) in [6, 6.07) is 1.43. The highest BCUT2D eigenvalue weighted by Crippen LogP contribution is 2.19. The van der Waals surface area contributed by atoms with E-state index < -0.39 is 5.91 Å². The predicted octanol–water partition coefficient (Wildman–Crippen LogP) is 0.964. The van der Waals surface area contributed by atoms with Crippen molar-refractivity contribution in [3.63, 3.8) is 0 Å². The number of aromatic nitrogens is 3. The molecule has 0 atom stereocenters. The Labute approximate surface area is 107 Å². The smallest absolute Gasteiger partial charge is 0.322 e. The molecule has 0 saturated carbocycles. The SMILES string of the molecule is Cc1nnc(NC(=O)c2cnc(NN)c(Cl)c2)o1. The van der Waals surface area contributed by atoms with E-state index in [-0.39, 0.29) is 22.4 Å². The summed E-state index contributed by atoms with van der Waals surface area (Å²) in [5.74, 6) is 5.34. The van der Waals surface area contributed by atoms with E-state index in [0.717, 1.165) is 0 Å². The van der Waals surface area contributed by atoms with E-state index in [1.165, 1.54) is 12.3 Å². The molecule has 8 nitrogen and oxygen atoms in total. The molecular weight excluding hydrogens is 260 g/mol. The topological polar surface area (TPSA) is 119 Å². The highest BCUT2D eigenvalue weighted by molar-refractivity contribution is 6.33. The zero-order chi connectivity index (χ0) is 13.1. The Morgan fingerprint density at radius 1 is 1.50 bits per heavy atom. The normalized spacial score (nSPS) is 10.2. The zero-order valence-corrected chi connectivity index (χ0v) is 10.0. The maximum Gasteiger partial charge on any atom is 0.322 e. The average Bonchev–Trinajstić information content (AvgIpc) is 2.74. The van der Waals surface area contributed by atoms with Gasteiger partial charge in [0.25, 0.3) is 5.91 Å². The van der Waals surface area contributed by atoms with Crippen molar-refractivity contribution in [3.05, 3.63) is 28.7 Å². The molecule has 94 valence electrons. The summed E-state index contributed by atoms with van der Waals surface area (Å²) in [6.07, 6.45) is 1.32. The van der Waals surface area contributed by atoms with E-state index in [4.69, 9.17) is 21.9 Å². The van der Waals surface area contributed by atoms with E-state index in [2.05, 4.69) is 25.9 Å². The number of aryl methyl sites for hydroxylation is 1. The minimum absolute atomic E-state index is 0.00893. The fourth-order valence-corrected chi connectivity index (χ4v) is 1.41. The van der Waals surface area contributed by atoms with Crippen molar-refractivity contribution in [2.75, 3.05) is 10.7 Å². The van der Waals surface area contributed by atoms with Crippen LogP contribution in [0.5, 0.6) is 0 Å². The number of nitrogens with zero attached hydrogens (tertiary/aromatic N) is 3. The predicted molar refractivity (Wildman–Crippen MR) is 64.0 cm³/mol. The van der Waals surface area contributed by atoms with Crippen molar-refractivity contribution in [2.45, 2.75) is 6.92 Å². The van der Waals surface area contributed by atoms with Crippen molar-refractivity contribution in [3.8, 4) is 0 Å². The van der Waals surface area contributed by atoms with Gasteiger partial charge in [-0.25, -0.2) is 10.8 Å². The molecule has 0 aromatic carbocycles. The maximum absolute atomic E-state index is 11.8. The molecular formula is C9H9ClN6O2. The fraction of sp³-hybridized carbons (Fsp3) is 0.111. The Balaban J connectivity index is 2.16. The molecule has 0 fully saturated rings. The monoisotopic (exact) mass is 268 g/mol. The molecule has 0 radical (unpaired) electrons. The van der Waals surface area contributed by atoms with Gasteiger partial charge in [0.15, 0.2) is 5.82 Å². The third kappa shape index (κ3) is 2.55. The average molecular weight is 269 g/mol. The van der Waals surface area contributed by atoms with Crippen LogP contribution in [0, 0.1) is 6.92 Å². The van der Waals surface area contributed by atoms with Gasteiger partial charge in [0, 0.05) is 13.1 Å². The van der Waals surface area contributed by atoms with Gasteiger partial charge in [0.05, 0.1) is 10.6 Å². The molecule has 18 heavy (non-hydrogen) atoms. The number of carbonyl (C=O) groups is 1. The van der Waals surface area contributed by atoms with Gasteiger partial charge in [-0.05, 0) is 6.07 Å². The van der Waals surface area contributed by atoms with E-state index in [0.29, 0.717) is 5.89 Å². The molecule has 0 saturated heterocycles. The van der Waals surface area contributed by atoms with Gasteiger partial charge in [-0.2, -0.15) is 0 Å². The molecule has 0 unspecified atom stereocenters. The molecule has 0 spiro atoms. The Morgan fingerprint density at radius 3 is 2.83 bits per heavy atom. The second-order valence-electron chi connectivity index (χ2n) is 3.28. The lowest BCUT2D eigenvalue weighted by atomic mass is 10.2. The quantitative estimate of drug-likeness (QED) is 0.560. The van der Waals surface area contributed by atoms with Crippen molar-refractivity contribution < 1.29 is 9.21 Å². The first-order valence-electron chi connectivity index (χ1n) is 4.84. The molecule has 2 aromatic rings.